The van der Waals surface area contributed by atoms with Crippen molar-refractivity contribution in [1.29, 1.82) is 0 Å². The first-order valence-corrected chi connectivity index (χ1v) is 7.14. The summed E-state index contributed by atoms with van der Waals surface area (Å²) in [6, 6.07) is 10.6. The van der Waals surface area contributed by atoms with Gasteiger partial charge in [-0.1, -0.05) is 41.4 Å². The van der Waals surface area contributed by atoms with Gasteiger partial charge in [0.05, 0.1) is 22.8 Å². The van der Waals surface area contributed by atoms with Gasteiger partial charge in [-0.2, -0.15) is 0 Å². The second-order valence-electron chi connectivity index (χ2n) is 4.95. The summed E-state index contributed by atoms with van der Waals surface area (Å²) in [4.78, 5) is 25.6. The smallest absolute Gasteiger partial charge is 0.299 e. The number of ketones is 1. The van der Waals surface area contributed by atoms with Crippen LogP contribution in [0.2, 0.25) is 10.0 Å². The molecule has 1 aliphatic rings. The van der Waals surface area contributed by atoms with Gasteiger partial charge in [0, 0.05) is 5.02 Å². The zero-order chi connectivity index (χ0) is 15.1. The molecule has 1 aliphatic heterocycles. The molecule has 0 aromatic heterocycles. The molecule has 1 heterocycles. The monoisotopic (exact) mass is 319 g/mol. The molecule has 0 aliphatic carbocycles. The fraction of sp³-hybridized carbons (Fsp3) is 0.125. The Morgan fingerprint density at radius 2 is 1.81 bits per heavy atom. The van der Waals surface area contributed by atoms with Gasteiger partial charge in [-0.15, -0.1) is 0 Å². The minimum Gasteiger partial charge on any atom is -0.300 e. The molecular weight excluding hydrogens is 309 g/mol. The number of fused-ring (bicyclic) bond motifs is 1. The van der Waals surface area contributed by atoms with E-state index in [9.17, 15) is 9.59 Å². The summed E-state index contributed by atoms with van der Waals surface area (Å²) < 4.78 is 0. The van der Waals surface area contributed by atoms with Gasteiger partial charge < -0.3 is 4.90 Å². The van der Waals surface area contributed by atoms with Gasteiger partial charge in [-0.3, -0.25) is 9.59 Å². The van der Waals surface area contributed by atoms with Crippen LogP contribution < -0.4 is 4.90 Å². The Kier molecular flexibility index (Phi) is 3.47. The highest BCUT2D eigenvalue weighted by Crippen LogP contribution is 2.35. The lowest BCUT2D eigenvalue weighted by atomic mass is 10.1. The Bertz CT molecular complexity index is 771. The van der Waals surface area contributed by atoms with Crippen molar-refractivity contribution in [3.05, 3.63) is 63.1 Å². The zero-order valence-electron chi connectivity index (χ0n) is 11.2. The van der Waals surface area contributed by atoms with E-state index in [1.54, 1.807) is 18.2 Å². The molecule has 21 heavy (non-hydrogen) atoms. The molecule has 0 bridgehead atoms. The third-order valence-corrected chi connectivity index (χ3v) is 4.15. The Morgan fingerprint density at radius 3 is 2.52 bits per heavy atom. The van der Waals surface area contributed by atoms with E-state index < -0.39 is 11.7 Å². The summed E-state index contributed by atoms with van der Waals surface area (Å²) in [5.74, 6) is -1.14. The Labute approximate surface area is 132 Å². The molecule has 106 valence electrons. The van der Waals surface area contributed by atoms with Gasteiger partial charge >= 0.3 is 0 Å². The van der Waals surface area contributed by atoms with Crippen LogP contribution in [0, 0.1) is 6.92 Å². The molecule has 1 amide bonds. The highest BCUT2D eigenvalue weighted by atomic mass is 35.5. The first kappa shape index (κ1) is 14.1. The molecule has 3 rings (SSSR count). The number of aryl methyl sites for hydroxylation is 1. The molecule has 0 atom stereocenters. The molecule has 0 radical (unpaired) electrons. The maximum absolute atomic E-state index is 12.2. The predicted octanol–water partition coefficient (Wildman–Crippen LogP) is 4.03. The number of Topliss-reactive ketones (excluding diaryl/α,β-unsaturated/α-hetero) is 1. The van der Waals surface area contributed by atoms with Gasteiger partial charge in [0.1, 0.15) is 0 Å². The lowest BCUT2D eigenvalue weighted by molar-refractivity contribution is -0.114. The molecular formula is C16H11Cl2NO2. The van der Waals surface area contributed by atoms with Crippen LogP contribution in [0.5, 0.6) is 0 Å². The van der Waals surface area contributed by atoms with Crippen LogP contribution in [0.25, 0.3) is 0 Å². The minimum absolute atomic E-state index is 0.247. The van der Waals surface area contributed by atoms with Crippen LogP contribution in [-0.2, 0) is 11.3 Å². The van der Waals surface area contributed by atoms with Crippen LogP contribution in [0.15, 0.2) is 36.4 Å². The quantitative estimate of drug-likeness (QED) is 0.784. The van der Waals surface area contributed by atoms with E-state index >= 15 is 0 Å². The van der Waals surface area contributed by atoms with E-state index in [-0.39, 0.29) is 12.1 Å². The molecule has 2 aromatic carbocycles. The van der Waals surface area contributed by atoms with Crippen molar-refractivity contribution in [1.82, 2.24) is 0 Å². The second-order valence-corrected chi connectivity index (χ2v) is 5.76. The number of halogens is 2. The summed E-state index contributed by atoms with van der Waals surface area (Å²) in [6.45, 7) is 2.19. The lowest BCUT2D eigenvalue weighted by Gasteiger charge is -2.17. The predicted molar refractivity (Wildman–Crippen MR) is 83.2 cm³/mol. The molecule has 0 unspecified atom stereocenters. The normalized spacial score (nSPS) is 13.8. The topological polar surface area (TPSA) is 37.4 Å². The van der Waals surface area contributed by atoms with Crippen LogP contribution >= 0.6 is 23.2 Å². The van der Waals surface area contributed by atoms with Gasteiger partial charge in [0.25, 0.3) is 11.7 Å². The first-order chi connectivity index (χ1) is 9.99. The van der Waals surface area contributed by atoms with Gasteiger partial charge in [0.15, 0.2) is 0 Å². The van der Waals surface area contributed by atoms with Gasteiger partial charge in [-0.05, 0) is 36.2 Å². The fourth-order valence-electron chi connectivity index (χ4n) is 2.41. The maximum atomic E-state index is 12.2. The number of amides is 1. The first-order valence-electron chi connectivity index (χ1n) is 6.39. The number of nitrogens with zero attached hydrogens (tertiary/aromatic N) is 1. The summed E-state index contributed by atoms with van der Waals surface area (Å²) in [7, 11) is 0. The van der Waals surface area contributed by atoms with Gasteiger partial charge in [0.2, 0.25) is 0 Å². The zero-order valence-corrected chi connectivity index (χ0v) is 12.7. The molecule has 0 N–H and O–H groups in total. The van der Waals surface area contributed by atoms with Crippen molar-refractivity contribution in [2.75, 3.05) is 4.90 Å². The fourth-order valence-corrected chi connectivity index (χ4v) is 2.96. The SMILES string of the molecule is Cc1ccc(CN2C(=O)C(=O)c3c(Cl)cccc32)c(Cl)c1. The Balaban J connectivity index is 2.03. The number of hydrogen-bond acceptors (Lipinski definition) is 2. The highest BCUT2D eigenvalue weighted by Gasteiger charge is 2.37. The molecule has 2 aromatic rings. The third-order valence-electron chi connectivity index (χ3n) is 3.49. The standard InChI is InChI=1S/C16H11Cl2NO2/c1-9-5-6-10(12(18)7-9)8-19-13-4-2-3-11(17)14(13)15(20)16(19)21/h2-7H,8H2,1H3. The van der Waals surface area contributed by atoms with E-state index in [0.717, 1.165) is 11.1 Å². The van der Waals surface area contributed by atoms with Crippen LogP contribution in [-0.4, -0.2) is 11.7 Å². The van der Waals surface area contributed by atoms with E-state index in [1.165, 1.54) is 4.90 Å². The molecule has 0 spiro atoms. The third kappa shape index (κ3) is 2.33. The summed E-state index contributed by atoms with van der Waals surface area (Å²) in [5.41, 5.74) is 2.63. The van der Waals surface area contributed by atoms with E-state index in [4.69, 9.17) is 23.2 Å². The van der Waals surface area contributed by atoms with E-state index in [0.29, 0.717) is 15.7 Å². The lowest BCUT2D eigenvalue weighted by Crippen LogP contribution is -2.29. The molecule has 3 nitrogen and oxygen atoms in total. The maximum Gasteiger partial charge on any atom is 0.299 e. The van der Waals surface area contributed by atoms with Crippen LogP contribution in [0.1, 0.15) is 21.5 Å². The van der Waals surface area contributed by atoms with Crippen molar-refractivity contribution in [3.8, 4) is 0 Å². The van der Waals surface area contributed by atoms with Crippen LogP contribution in [0.4, 0.5) is 5.69 Å². The number of rotatable bonds is 2. The van der Waals surface area contributed by atoms with Crippen molar-refractivity contribution < 1.29 is 9.59 Å². The number of carbonyl (C=O) groups is 2. The molecule has 0 fully saturated rings. The molecule has 5 heteroatoms. The number of carbonyl (C=O) groups excluding carboxylic acids is 2. The van der Waals surface area contributed by atoms with Crippen LogP contribution in [0.3, 0.4) is 0 Å². The van der Waals surface area contributed by atoms with E-state index in [1.807, 2.05) is 25.1 Å². The van der Waals surface area contributed by atoms with E-state index in [2.05, 4.69) is 0 Å². The largest absolute Gasteiger partial charge is 0.300 e. The summed E-state index contributed by atoms with van der Waals surface area (Å²) >= 11 is 12.2. The number of benzene rings is 2. The summed E-state index contributed by atoms with van der Waals surface area (Å²) in [6.07, 6.45) is 0. The molecule has 0 saturated carbocycles. The Morgan fingerprint density at radius 1 is 1.05 bits per heavy atom. The number of hydrogen-bond donors (Lipinski definition) is 0. The average Bonchev–Trinajstić information content (AvgIpc) is 2.68. The van der Waals surface area contributed by atoms with Crippen molar-refractivity contribution in [3.63, 3.8) is 0 Å². The van der Waals surface area contributed by atoms with Crippen molar-refractivity contribution in [2.45, 2.75) is 13.5 Å². The Hall–Kier alpha value is -1.84. The van der Waals surface area contributed by atoms with Crippen molar-refractivity contribution in [2.24, 2.45) is 0 Å². The van der Waals surface area contributed by atoms with Gasteiger partial charge in [-0.25, -0.2) is 0 Å². The average molecular weight is 320 g/mol. The minimum atomic E-state index is -0.574. The number of anilines is 1. The second kappa shape index (κ2) is 5.17. The van der Waals surface area contributed by atoms with Crippen molar-refractivity contribution >= 4 is 40.6 Å². The molecule has 0 saturated heterocycles. The summed E-state index contributed by atoms with van der Waals surface area (Å²) in [5, 5.41) is 0.870. The highest BCUT2D eigenvalue weighted by molar-refractivity contribution is 6.55.